The molecule has 255 valence electrons. The number of benzene rings is 5. The zero-order valence-electron chi connectivity index (χ0n) is 31.3. The van der Waals surface area contributed by atoms with E-state index >= 15 is 0 Å². The van der Waals surface area contributed by atoms with Crippen molar-refractivity contribution in [2.24, 2.45) is 5.92 Å². The molecule has 1 aliphatic carbocycles. The Morgan fingerprint density at radius 1 is 0.750 bits per heavy atom. The molecule has 0 saturated heterocycles. The van der Waals surface area contributed by atoms with Crippen LogP contribution < -0.4 is 0 Å². The molecule has 5 heteroatoms. The molecule has 1 saturated carbocycles. The van der Waals surface area contributed by atoms with Crippen molar-refractivity contribution in [1.29, 1.82) is 0 Å². The molecule has 10 aromatic rings. The van der Waals surface area contributed by atoms with Crippen LogP contribution in [0.5, 0.6) is 0 Å². The number of aromatic nitrogens is 3. The molecule has 1 radical (unpaired) electrons. The van der Waals surface area contributed by atoms with E-state index in [0.717, 1.165) is 102 Å². The minimum Gasteiger partial charge on any atom is -0.455 e. The van der Waals surface area contributed by atoms with Crippen molar-refractivity contribution in [3.8, 4) is 22.5 Å². The second-order valence-electron chi connectivity index (χ2n) is 13.7. The molecule has 0 aliphatic heterocycles. The third kappa shape index (κ3) is 5.39. The molecule has 0 N–H and O–H groups in total. The number of pyridine rings is 2. The number of hydrogen-bond donors (Lipinski definition) is 0. The Labute approximate surface area is 320 Å². The van der Waals surface area contributed by atoms with Crippen LogP contribution >= 0.6 is 0 Å². The van der Waals surface area contributed by atoms with Gasteiger partial charge in [0.2, 0.25) is 0 Å². The van der Waals surface area contributed by atoms with Gasteiger partial charge in [-0.05, 0) is 71.3 Å². The summed E-state index contributed by atoms with van der Waals surface area (Å²) in [5.41, 5.74) is 10.1. The second-order valence-corrected chi connectivity index (χ2v) is 13.7. The standard InChI is InChI=1S/C36H27N2O.C11H8N.Ir/c1-21-20-37-30(18-24(21)16-22-8-2-3-9-22)23-14-15-32-27(17-23)28-19-29-25-10-5-7-13-33(25)39-36(29)34-26-11-4-6-12-31(26)38(32)35(28)34;1-2-6-10(7-3-1)11-8-4-5-9-12-11;/h4-7,10-13,15,17-20,22H,2-3,8-9,16H2,1H3;1-6,8-9H;/q2*-1;/i1D3;;. The first-order chi connectivity index (χ1) is 26.4. The van der Waals surface area contributed by atoms with E-state index in [9.17, 15) is 0 Å². The monoisotopic (exact) mass is 853 g/mol. The van der Waals surface area contributed by atoms with Crippen LogP contribution in [0, 0.1) is 24.9 Å². The van der Waals surface area contributed by atoms with E-state index in [1.165, 1.54) is 18.2 Å². The number of para-hydroxylation sites is 2. The van der Waals surface area contributed by atoms with Crippen LogP contribution in [0.3, 0.4) is 0 Å². The summed E-state index contributed by atoms with van der Waals surface area (Å²) >= 11 is 0. The van der Waals surface area contributed by atoms with E-state index < -0.39 is 6.85 Å². The fourth-order valence-electron chi connectivity index (χ4n) is 8.23. The van der Waals surface area contributed by atoms with Crippen molar-refractivity contribution in [2.45, 2.75) is 39.0 Å². The van der Waals surface area contributed by atoms with Crippen molar-refractivity contribution in [1.82, 2.24) is 14.4 Å². The zero-order valence-corrected chi connectivity index (χ0v) is 30.7. The molecule has 1 fully saturated rings. The van der Waals surface area contributed by atoms with Gasteiger partial charge in [-0.2, -0.15) is 0 Å². The van der Waals surface area contributed by atoms with Crippen molar-refractivity contribution in [3.63, 3.8) is 0 Å². The molecule has 0 amide bonds. The Bertz CT molecular complexity index is 2930. The SMILES string of the molecule is [2H]C([2H])([2H])c1cnc(-c2[c-]cc3c(c2)c2cc4c5ccccc5oc4c4c5ccccc5n3c24)cc1CC1CCCC1.[Ir].[c-]1ccccc1-c1ccccn1. The van der Waals surface area contributed by atoms with Gasteiger partial charge in [-0.25, -0.2) is 0 Å². The van der Waals surface area contributed by atoms with Gasteiger partial charge in [0.15, 0.2) is 0 Å². The molecule has 52 heavy (non-hydrogen) atoms. The molecule has 4 nitrogen and oxygen atoms in total. The van der Waals surface area contributed by atoms with E-state index in [-0.39, 0.29) is 20.1 Å². The molecule has 0 spiro atoms. The van der Waals surface area contributed by atoms with Gasteiger partial charge in [-0.3, -0.25) is 0 Å². The maximum absolute atomic E-state index is 8.14. The topological polar surface area (TPSA) is 43.3 Å². The smallest absolute Gasteiger partial charge is 0.145 e. The van der Waals surface area contributed by atoms with Gasteiger partial charge in [-0.15, -0.1) is 59.7 Å². The number of aryl methyl sites for hydroxylation is 1. The summed E-state index contributed by atoms with van der Waals surface area (Å²) in [5.74, 6) is 0.536. The number of nitrogens with zero attached hydrogens (tertiary/aromatic N) is 3. The van der Waals surface area contributed by atoms with Crippen molar-refractivity contribution >= 4 is 60.0 Å². The van der Waals surface area contributed by atoms with Gasteiger partial charge in [0.25, 0.3) is 0 Å². The van der Waals surface area contributed by atoms with E-state index in [0.29, 0.717) is 11.5 Å². The molecule has 11 rings (SSSR count). The summed E-state index contributed by atoms with van der Waals surface area (Å²) in [6, 6.07) is 45.6. The van der Waals surface area contributed by atoms with Crippen LogP contribution in [0.25, 0.3) is 82.5 Å². The normalized spacial score (nSPS) is 14.5. The van der Waals surface area contributed by atoms with Crippen molar-refractivity contribution < 1.29 is 28.6 Å². The summed E-state index contributed by atoms with van der Waals surface area (Å²) in [5, 5.41) is 6.81. The Balaban J connectivity index is 0.000000261. The van der Waals surface area contributed by atoms with E-state index in [4.69, 9.17) is 8.53 Å². The van der Waals surface area contributed by atoms with Gasteiger partial charge >= 0.3 is 0 Å². The predicted octanol–water partition coefficient (Wildman–Crippen LogP) is 12.2. The van der Waals surface area contributed by atoms with Crippen molar-refractivity contribution in [3.05, 3.63) is 151 Å². The molecule has 0 unspecified atom stereocenters. The van der Waals surface area contributed by atoms with Crippen LogP contribution in [0.1, 0.15) is 40.9 Å². The van der Waals surface area contributed by atoms with Crippen LogP contribution in [-0.4, -0.2) is 14.4 Å². The Morgan fingerprint density at radius 2 is 1.58 bits per heavy atom. The molecule has 5 aromatic heterocycles. The van der Waals surface area contributed by atoms with Gasteiger partial charge < -0.3 is 18.8 Å². The quantitative estimate of drug-likeness (QED) is 0.166. The van der Waals surface area contributed by atoms with Crippen LogP contribution in [0.15, 0.2) is 132 Å². The maximum Gasteiger partial charge on any atom is 0.145 e. The molecule has 0 bridgehead atoms. The first-order valence-corrected chi connectivity index (χ1v) is 17.7. The molecule has 0 atom stereocenters. The number of fused-ring (bicyclic) bond motifs is 10. The zero-order chi connectivity index (χ0) is 36.4. The Kier molecular flexibility index (Phi) is 7.49. The summed E-state index contributed by atoms with van der Waals surface area (Å²) < 4.78 is 33.2. The van der Waals surface area contributed by atoms with Gasteiger partial charge in [-0.1, -0.05) is 91.2 Å². The van der Waals surface area contributed by atoms with E-state index in [1.807, 2.05) is 60.7 Å². The average Bonchev–Trinajstić information content (AvgIpc) is 4.00. The van der Waals surface area contributed by atoms with Crippen LogP contribution in [-0.2, 0) is 26.5 Å². The van der Waals surface area contributed by atoms with Crippen LogP contribution in [0.4, 0.5) is 0 Å². The van der Waals surface area contributed by atoms with E-state index in [1.54, 1.807) is 12.4 Å². The third-order valence-electron chi connectivity index (χ3n) is 10.6. The van der Waals surface area contributed by atoms with Gasteiger partial charge in [0.1, 0.15) is 11.2 Å². The third-order valence-corrected chi connectivity index (χ3v) is 10.6. The Morgan fingerprint density at radius 3 is 2.40 bits per heavy atom. The summed E-state index contributed by atoms with van der Waals surface area (Å²) in [7, 11) is 0. The second kappa shape index (κ2) is 13.3. The van der Waals surface area contributed by atoms with E-state index in [2.05, 4.69) is 81.1 Å². The molecule has 5 aromatic carbocycles. The van der Waals surface area contributed by atoms with Crippen molar-refractivity contribution in [2.75, 3.05) is 0 Å². The van der Waals surface area contributed by atoms with Gasteiger partial charge in [0, 0.05) is 58.3 Å². The number of rotatable bonds is 4. The fraction of sp³-hybridized carbons (Fsp3) is 0.149. The summed E-state index contributed by atoms with van der Waals surface area (Å²) in [4.78, 5) is 8.90. The minimum absolute atomic E-state index is 0. The Hall–Kier alpha value is -5.35. The maximum atomic E-state index is 8.14. The first kappa shape index (κ1) is 29.3. The summed E-state index contributed by atoms with van der Waals surface area (Å²) in [6.45, 7) is -2.18. The average molecular weight is 853 g/mol. The largest absolute Gasteiger partial charge is 0.455 e. The molecule has 5 heterocycles. The first-order valence-electron chi connectivity index (χ1n) is 19.2. The number of hydrogen-bond acceptors (Lipinski definition) is 3. The molecular weight excluding hydrogens is 815 g/mol. The predicted molar refractivity (Wildman–Crippen MR) is 209 cm³/mol. The fourth-order valence-corrected chi connectivity index (χ4v) is 8.23. The van der Waals surface area contributed by atoms with Gasteiger partial charge in [0.05, 0.1) is 10.9 Å². The molecule has 1 aliphatic rings. The minimum atomic E-state index is -2.18. The van der Waals surface area contributed by atoms with Crippen LogP contribution in [0.2, 0.25) is 0 Å². The molecular formula is C47H35IrN3O-2. The number of furan rings is 1. The summed E-state index contributed by atoms with van der Waals surface area (Å²) in [6.07, 6.45) is 8.93.